The zero-order chi connectivity index (χ0) is 20.9. The van der Waals surface area contributed by atoms with E-state index >= 15 is 0 Å². The first-order valence-electron chi connectivity index (χ1n) is 9.83. The minimum absolute atomic E-state index is 0.0825. The molecule has 1 fully saturated rings. The number of amides is 2. The minimum Gasteiger partial charge on any atom is -0.351 e. The third-order valence-corrected chi connectivity index (χ3v) is 6.58. The molecule has 2 heterocycles. The molecule has 2 amide bonds. The van der Waals surface area contributed by atoms with Crippen molar-refractivity contribution in [3.8, 4) is 0 Å². The van der Waals surface area contributed by atoms with E-state index in [1.165, 1.54) is 46.2 Å². The van der Waals surface area contributed by atoms with Crippen LogP contribution in [0, 0.1) is 5.82 Å². The van der Waals surface area contributed by atoms with Gasteiger partial charge in [-0.2, -0.15) is 0 Å². The molecule has 0 aliphatic heterocycles. The number of hydrogen-bond donors (Lipinski definition) is 1. The van der Waals surface area contributed by atoms with Crippen molar-refractivity contribution < 1.29 is 14.0 Å². The van der Waals surface area contributed by atoms with Crippen LogP contribution < -0.4 is 10.2 Å². The topological polar surface area (TPSA) is 75.2 Å². The van der Waals surface area contributed by atoms with Crippen LogP contribution in [0.4, 0.5) is 10.1 Å². The second-order valence-electron chi connectivity index (χ2n) is 7.21. The molecule has 1 N–H and O–H groups in total. The third-order valence-electron chi connectivity index (χ3n) is 5.16. The summed E-state index contributed by atoms with van der Waals surface area (Å²) in [5.41, 5.74) is 0.418. The Bertz CT molecular complexity index is 988. The Morgan fingerprint density at radius 2 is 2.00 bits per heavy atom. The van der Waals surface area contributed by atoms with Crippen LogP contribution in [0.2, 0.25) is 0 Å². The number of benzene rings is 1. The number of anilines is 1. The van der Waals surface area contributed by atoms with E-state index in [0.717, 1.165) is 37.2 Å². The summed E-state index contributed by atoms with van der Waals surface area (Å²) in [5.74, 6) is -1.25. The Morgan fingerprint density at radius 3 is 2.67 bits per heavy atom. The number of halogens is 1. The summed E-state index contributed by atoms with van der Waals surface area (Å²) >= 11 is 2.43. The monoisotopic (exact) mass is 444 g/mol. The Morgan fingerprint density at radius 1 is 1.17 bits per heavy atom. The van der Waals surface area contributed by atoms with Gasteiger partial charge >= 0.3 is 0 Å². The molecule has 156 valence electrons. The van der Waals surface area contributed by atoms with Gasteiger partial charge in [-0.3, -0.25) is 14.5 Å². The van der Waals surface area contributed by atoms with Gasteiger partial charge in [0.15, 0.2) is 11.7 Å². The molecule has 1 saturated carbocycles. The number of carbonyl (C=O) groups is 2. The van der Waals surface area contributed by atoms with Gasteiger partial charge < -0.3 is 5.32 Å². The van der Waals surface area contributed by atoms with Gasteiger partial charge in [0.2, 0.25) is 5.91 Å². The third kappa shape index (κ3) is 4.57. The van der Waals surface area contributed by atoms with Gasteiger partial charge in [-0.1, -0.05) is 35.9 Å². The lowest BCUT2D eigenvalue weighted by Crippen LogP contribution is -2.47. The molecule has 3 aromatic rings. The predicted molar refractivity (Wildman–Crippen MR) is 115 cm³/mol. The van der Waals surface area contributed by atoms with Crippen LogP contribution in [0.3, 0.4) is 0 Å². The number of nitrogens with zero attached hydrogens (tertiary/aromatic N) is 3. The van der Waals surface area contributed by atoms with Gasteiger partial charge in [-0.25, -0.2) is 4.39 Å². The summed E-state index contributed by atoms with van der Waals surface area (Å²) < 4.78 is 17.8. The molecule has 0 bridgehead atoms. The molecule has 2 aromatic heterocycles. The molecule has 0 saturated heterocycles. The minimum atomic E-state index is -0.928. The van der Waals surface area contributed by atoms with Crippen molar-refractivity contribution in [1.29, 1.82) is 0 Å². The maximum Gasteiger partial charge on any atom is 0.280 e. The summed E-state index contributed by atoms with van der Waals surface area (Å²) in [4.78, 5) is 28.9. The first kappa shape index (κ1) is 20.6. The van der Waals surface area contributed by atoms with Crippen molar-refractivity contribution in [2.45, 2.75) is 44.2 Å². The van der Waals surface area contributed by atoms with Crippen LogP contribution in [0.25, 0.3) is 0 Å². The second-order valence-corrected chi connectivity index (χ2v) is 8.80. The fraction of sp³-hybridized carbons (Fsp3) is 0.333. The van der Waals surface area contributed by atoms with E-state index in [0.29, 0.717) is 10.6 Å². The average molecular weight is 445 g/mol. The Kier molecular flexibility index (Phi) is 6.49. The number of aromatic nitrogens is 2. The first-order valence-corrected chi connectivity index (χ1v) is 11.5. The zero-order valence-electron chi connectivity index (χ0n) is 16.2. The standard InChI is InChI=1S/C21H21FN4O2S2/c22-14-6-4-9-16(12-14)26(21(28)17-13-30-25-24-17)19(18-10-5-11-29-18)20(27)23-15-7-2-1-3-8-15/h4-6,9-13,15,19H,1-3,7-8H2,(H,23,27). The Balaban J connectivity index is 1.74. The fourth-order valence-electron chi connectivity index (χ4n) is 3.74. The molecule has 9 heteroatoms. The molecule has 1 aliphatic rings. The van der Waals surface area contributed by atoms with Crippen molar-refractivity contribution in [1.82, 2.24) is 14.9 Å². The normalized spacial score (nSPS) is 15.5. The predicted octanol–water partition coefficient (Wildman–Crippen LogP) is 4.58. The molecule has 0 spiro atoms. The lowest BCUT2D eigenvalue weighted by Gasteiger charge is -2.32. The molecule has 1 atom stereocenters. The van der Waals surface area contributed by atoms with Crippen molar-refractivity contribution in [3.63, 3.8) is 0 Å². The SMILES string of the molecule is O=C(NC1CCCCC1)C(c1cccs1)N(C(=O)c1csnn1)c1cccc(F)c1. The molecular formula is C21H21FN4O2S2. The second kappa shape index (κ2) is 9.44. The highest BCUT2D eigenvalue weighted by atomic mass is 32.1. The molecule has 1 aliphatic carbocycles. The van der Waals surface area contributed by atoms with Crippen LogP contribution in [0.15, 0.2) is 47.2 Å². The highest BCUT2D eigenvalue weighted by Gasteiger charge is 2.36. The molecule has 4 rings (SSSR count). The van der Waals surface area contributed by atoms with E-state index < -0.39 is 17.8 Å². The number of carbonyl (C=O) groups excluding carboxylic acids is 2. The van der Waals surface area contributed by atoms with Gasteiger partial charge in [0.25, 0.3) is 5.91 Å². The average Bonchev–Trinajstić information content (AvgIpc) is 3.46. The van der Waals surface area contributed by atoms with Crippen molar-refractivity contribution in [2.24, 2.45) is 0 Å². The number of thiophene rings is 1. The van der Waals surface area contributed by atoms with Gasteiger partial charge in [-0.15, -0.1) is 16.4 Å². The number of nitrogens with one attached hydrogen (secondary N) is 1. The molecule has 6 nitrogen and oxygen atoms in total. The zero-order valence-corrected chi connectivity index (χ0v) is 17.8. The van der Waals surface area contributed by atoms with E-state index in [2.05, 4.69) is 14.9 Å². The maximum atomic E-state index is 14.1. The largest absolute Gasteiger partial charge is 0.351 e. The van der Waals surface area contributed by atoms with E-state index in [4.69, 9.17) is 0 Å². The van der Waals surface area contributed by atoms with Gasteiger partial charge in [0.05, 0.1) is 0 Å². The lowest BCUT2D eigenvalue weighted by molar-refractivity contribution is -0.123. The molecular weight excluding hydrogens is 423 g/mol. The van der Waals surface area contributed by atoms with Gasteiger partial charge in [0.1, 0.15) is 5.82 Å². The fourth-order valence-corrected chi connectivity index (χ4v) is 4.98. The van der Waals surface area contributed by atoms with Gasteiger partial charge in [0, 0.05) is 22.0 Å². The van der Waals surface area contributed by atoms with E-state index in [1.54, 1.807) is 6.07 Å². The van der Waals surface area contributed by atoms with E-state index in [9.17, 15) is 14.0 Å². The van der Waals surface area contributed by atoms with Crippen molar-refractivity contribution in [3.05, 3.63) is 63.5 Å². The summed E-state index contributed by atoms with van der Waals surface area (Å²) in [6.07, 6.45) is 5.17. The van der Waals surface area contributed by atoms with Crippen LogP contribution >= 0.6 is 22.9 Å². The molecule has 30 heavy (non-hydrogen) atoms. The highest BCUT2D eigenvalue weighted by Crippen LogP contribution is 2.33. The highest BCUT2D eigenvalue weighted by molar-refractivity contribution is 7.10. The lowest BCUT2D eigenvalue weighted by atomic mass is 9.95. The Labute approximate surface area is 181 Å². The quantitative estimate of drug-likeness (QED) is 0.604. The molecule has 1 unspecified atom stereocenters. The summed E-state index contributed by atoms with van der Waals surface area (Å²) in [7, 11) is 0. The summed E-state index contributed by atoms with van der Waals surface area (Å²) in [6, 6.07) is 8.51. The smallest absolute Gasteiger partial charge is 0.280 e. The van der Waals surface area contributed by atoms with Crippen LogP contribution in [-0.2, 0) is 4.79 Å². The summed E-state index contributed by atoms with van der Waals surface area (Å²) in [5, 5.41) is 10.4. The first-order chi connectivity index (χ1) is 14.6. The van der Waals surface area contributed by atoms with Crippen molar-refractivity contribution in [2.75, 3.05) is 4.90 Å². The Hall–Kier alpha value is -2.65. The molecule has 0 radical (unpaired) electrons. The molecule has 1 aromatic carbocycles. The number of rotatable bonds is 6. The maximum absolute atomic E-state index is 14.1. The van der Waals surface area contributed by atoms with Crippen LogP contribution in [-0.4, -0.2) is 27.4 Å². The van der Waals surface area contributed by atoms with Crippen LogP contribution in [0.5, 0.6) is 0 Å². The van der Waals surface area contributed by atoms with E-state index in [-0.39, 0.29) is 17.6 Å². The number of hydrogen-bond acceptors (Lipinski definition) is 6. The summed E-state index contributed by atoms with van der Waals surface area (Å²) in [6.45, 7) is 0. The van der Waals surface area contributed by atoms with E-state index in [1.807, 2.05) is 17.5 Å². The van der Waals surface area contributed by atoms with Gasteiger partial charge in [-0.05, 0) is 54.0 Å². The van der Waals surface area contributed by atoms with Crippen molar-refractivity contribution >= 4 is 40.4 Å². The van der Waals surface area contributed by atoms with Crippen LogP contribution in [0.1, 0.15) is 53.5 Å².